The fourth-order valence-electron chi connectivity index (χ4n) is 2.80. The summed E-state index contributed by atoms with van der Waals surface area (Å²) in [5.74, 6) is 0. The minimum Gasteiger partial charge on any atom is -0.316 e. The molecule has 1 fully saturated rings. The van der Waals surface area contributed by atoms with Gasteiger partial charge in [-0.25, -0.2) is 13.1 Å². The van der Waals surface area contributed by atoms with E-state index in [1.165, 1.54) is 0 Å². The molecule has 1 aliphatic carbocycles. The molecule has 1 aromatic rings. The summed E-state index contributed by atoms with van der Waals surface area (Å²) in [5, 5.41) is 3.07. The van der Waals surface area contributed by atoms with Crippen molar-refractivity contribution in [1.82, 2.24) is 10.0 Å². The molecule has 0 spiro atoms. The Bertz CT molecular complexity index is 572. The summed E-state index contributed by atoms with van der Waals surface area (Å²) < 4.78 is 28.2. The van der Waals surface area contributed by atoms with Crippen LogP contribution in [0.5, 0.6) is 0 Å². The monoisotopic (exact) mass is 296 g/mol. The second-order valence-corrected chi connectivity index (χ2v) is 7.31. The number of hydrogen-bond donors (Lipinski definition) is 2. The molecule has 1 aromatic carbocycles. The molecule has 0 heterocycles. The number of hydrogen-bond acceptors (Lipinski definition) is 3. The fraction of sp³-hybridized carbons (Fsp3) is 0.600. The maximum Gasteiger partial charge on any atom is 0.241 e. The maximum absolute atomic E-state index is 12.6. The van der Waals surface area contributed by atoms with E-state index in [4.69, 9.17) is 0 Å². The van der Waals surface area contributed by atoms with Gasteiger partial charge in [-0.3, -0.25) is 0 Å². The van der Waals surface area contributed by atoms with Crippen molar-refractivity contribution in [2.45, 2.75) is 56.5 Å². The molecule has 5 heteroatoms. The third-order valence-electron chi connectivity index (χ3n) is 4.39. The zero-order valence-electron chi connectivity index (χ0n) is 12.5. The Hall–Kier alpha value is -0.910. The summed E-state index contributed by atoms with van der Waals surface area (Å²) in [6.45, 7) is 4.60. The van der Waals surface area contributed by atoms with E-state index in [0.29, 0.717) is 11.4 Å². The molecule has 20 heavy (non-hydrogen) atoms. The second-order valence-electron chi connectivity index (χ2n) is 5.66. The van der Waals surface area contributed by atoms with Crippen LogP contribution < -0.4 is 10.0 Å². The molecular formula is C15H24N2O2S. The molecule has 112 valence electrons. The summed E-state index contributed by atoms with van der Waals surface area (Å²) in [7, 11) is -1.58. The molecule has 0 saturated heterocycles. The van der Waals surface area contributed by atoms with Crippen LogP contribution in [-0.4, -0.2) is 21.0 Å². The topological polar surface area (TPSA) is 58.2 Å². The SMILES string of the molecule is CCC1(NS(=O)(=O)c2cccc(CNC)c2C)CCC1. The molecule has 0 amide bonds. The van der Waals surface area contributed by atoms with Gasteiger partial charge in [0.1, 0.15) is 0 Å². The van der Waals surface area contributed by atoms with Crippen molar-refractivity contribution in [3.8, 4) is 0 Å². The van der Waals surface area contributed by atoms with E-state index in [2.05, 4.69) is 10.0 Å². The lowest BCUT2D eigenvalue weighted by Gasteiger charge is -2.41. The highest BCUT2D eigenvalue weighted by Crippen LogP contribution is 2.36. The van der Waals surface area contributed by atoms with Crippen molar-refractivity contribution < 1.29 is 8.42 Å². The van der Waals surface area contributed by atoms with Crippen LogP contribution in [0, 0.1) is 6.92 Å². The molecule has 2 N–H and O–H groups in total. The Labute approximate surface area is 122 Å². The lowest BCUT2D eigenvalue weighted by atomic mass is 9.76. The number of benzene rings is 1. The van der Waals surface area contributed by atoms with Gasteiger partial charge in [0.15, 0.2) is 0 Å². The zero-order chi connectivity index (χ0) is 14.8. The van der Waals surface area contributed by atoms with E-state index < -0.39 is 10.0 Å². The van der Waals surface area contributed by atoms with Crippen LogP contribution in [0.25, 0.3) is 0 Å². The zero-order valence-corrected chi connectivity index (χ0v) is 13.3. The predicted molar refractivity (Wildman–Crippen MR) is 81.1 cm³/mol. The fourth-order valence-corrected chi connectivity index (χ4v) is 4.62. The van der Waals surface area contributed by atoms with Crippen molar-refractivity contribution in [2.75, 3.05) is 7.05 Å². The van der Waals surface area contributed by atoms with E-state index in [1.54, 1.807) is 6.07 Å². The smallest absolute Gasteiger partial charge is 0.241 e. The van der Waals surface area contributed by atoms with Gasteiger partial charge >= 0.3 is 0 Å². The lowest BCUT2D eigenvalue weighted by Crippen LogP contribution is -2.52. The average Bonchev–Trinajstić information content (AvgIpc) is 2.36. The third kappa shape index (κ3) is 2.90. The van der Waals surface area contributed by atoms with Crippen LogP contribution in [-0.2, 0) is 16.6 Å². The second kappa shape index (κ2) is 5.84. The Morgan fingerprint density at radius 1 is 1.30 bits per heavy atom. The van der Waals surface area contributed by atoms with Gasteiger partial charge in [0.25, 0.3) is 0 Å². The molecular weight excluding hydrogens is 272 g/mol. The largest absolute Gasteiger partial charge is 0.316 e. The Kier molecular flexibility index (Phi) is 4.52. The van der Waals surface area contributed by atoms with Crippen LogP contribution in [0.2, 0.25) is 0 Å². The Balaban J connectivity index is 2.32. The first-order valence-electron chi connectivity index (χ1n) is 7.21. The minimum absolute atomic E-state index is 0.218. The summed E-state index contributed by atoms with van der Waals surface area (Å²) in [5.41, 5.74) is 1.64. The normalized spacial score (nSPS) is 17.8. The number of rotatable bonds is 6. The van der Waals surface area contributed by atoms with Gasteiger partial charge in [0.2, 0.25) is 10.0 Å². The summed E-state index contributed by atoms with van der Waals surface area (Å²) in [6.07, 6.45) is 3.84. The van der Waals surface area contributed by atoms with Crippen LogP contribution in [0.4, 0.5) is 0 Å². The van der Waals surface area contributed by atoms with Gasteiger partial charge in [-0.05, 0) is 56.8 Å². The lowest BCUT2D eigenvalue weighted by molar-refractivity contribution is 0.214. The van der Waals surface area contributed by atoms with Crippen LogP contribution >= 0.6 is 0 Å². The highest BCUT2D eigenvalue weighted by atomic mass is 32.2. The Morgan fingerprint density at radius 3 is 2.50 bits per heavy atom. The van der Waals surface area contributed by atoms with E-state index in [1.807, 2.05) is 33.0 Å². The molecule has 2 rings (SSSR count). The number of sulfonamides is 1. The van der Waals surface area contributed by atoms with Gasteiger partial charge in [-0.2, -0.15) is 0 Å². The maximum atomic E-state index is 12.6. The van der Waals surface area contributed by atoms with Crippen molar-refractivity contribution in [3.05, 3.63) is 29.3 Å². The first-order valence-corrected chi connectivity index (χ1v) is 8.69. The molecule has 0 aromatic heterocycles. The highest BCUT2D eigenvalue weighted by Gasteiger charge is 2.39. The van der Waals surface area contributed by atoms with E-state index in [-0.39, 0.29) is 5.54 Å². The standard InChI is InChI=1S/C15H24N2O2S/c1-4-15(9-6-10-15)17-20(18,19)14-8-5-7-13(11-16-3)12(14)2/h5,7-8,16-17H,4,6,9-11H2,1-3H3. The first-order chi connectivity index (χ1) is 9.44. The van der Waals surface area contributed by atoms with E-state index >= 15 is 0 Å². The van der Waals surface area contributed by atoms with Crippen LogP contribution in [0.15, 0.2) is 23.1 Å². The van der Waals surface area contributed by atoms with Gasteiger partial charge < -0.3 is 5.32 Å². The molecule has 1 aliphatic rings. The van der Waals surface area contributed by atoms with E-state index in [0.717, 1.165) is 36.8 Å². The molecule has 0 aliphatic heterocycles. The minimum atomic E-state index is -3.44. The van der Waals surface area contributed by atoms with Gasteiger partial charge in [-0.1, -0.05) is 19.1 Å². The third-order valence-corrected chi connectivity index (χ3v) is 6.11. The molecule has 0 unspecified atom stereocenters. The predicted octanol–water partition coefficient (Wildman–Crippen LogP) is 2.33. The molecule has 4 nitrogen and oxygen atoms in total. The number of nitrogens with one attached hydrogen (secondary N) is 2. The Morgan fingerprint density at radius 2 is 2.00 bits per heavy atom. The van der Waals surface area contributed by atoms with Crippen LogP contribution in [0.3, 0.4) is 0 Å². The van der Waals surface area contributed by atoms with Crippen molar-refractivity contribution in [3.63, 3.8) is 0 Å². The summed E-state index contributed by atoms with van der Waals surface area (Å²) in [6, 6.07) is 5.47. The van der Waals surface area contributed by atoms with Crippen molar-refractivity contribution >= 4 is 10.0 Å². The molecule has 0 bridgehead atoms. The van der Waals surface area contributed by atoms with Gasteiger partial charge in [0.05, 0.1) is 4.90 Å². The molecule has 0 radical (unpaired) electrons. The highest BCUT2D eigenvalue weighted by molar-refractivity contribution is 7.89. The van der Waals surface area contributed by atoms with Gasteiger partial charge in [-0.15, -0.1) is 0 Å². The van der Waals surface area contributed by atoms with Crippen molar-refractivity contribution in [1.29, 1.82) is 0 Å². The summed E-state index contributed by atoms with van der Waals surface area (Å²) >= 11 is 0. The molecule has 1 saturated carbocycles. The van der Waals surface area contributed by atoms with E-state index in [9.17, 15) is 8.42 Å². The van der Waals surface area contributed by atoms with Crippen molar-refractivity contribution in [2.24, 2.45) is 0 Å². The molecule has 0 atom stereocenters. The average molecular weight is 296 g/mol. The van der Waals surface area contributed by atoms with Crippen LogP contribution in [0.1, 0.15) is 43.7 Å². The first kappa shape index (κ1) is 15.5. The van der Waals surface area contributed by atoms with Gasteiger partial charge in [0, 0.05) is 12.1 Å². The summed E-state index contributed by atoms with van der Waals surface area (Å²) in [4.78, 5) is 0.407. The quantitative estimate of drug-likeness (QED) is 0.847.